The molecule has 0 aromatic heterocycles. The minimum absolute atomic E-state index is 0.121. The largest absolute Gasteiger partial charge is 0.393 e. The Hall–Kier alpha value is -0.640. The predicted octanol–water partition coefficient (Wildman–Crippen LogP) is 0.616. The van der Waals surface area contributed by atoms with Crippen LogP contribution in [0.1, 0.15) is 25.7 Å². The van der Waals surface area contributed by atoms with E-state index >= 15 is 0 Å². The minimum atomic E-state index is -0.121. The molecule has 3 N–H and O–H groups in total. The Kier molecular flexibility index (Phi) is 2.62. The van der Waals surface area contributed by atoms with Crippen LogP contribution < -0.4 is 5.84 Å². The van der Waals surface area contributed by atoms with Gasteiger partial charge in [-0.2, -0.15) is 5.11 Å². The van der Waals surface area contributed by atoms with Gasteiger partial charge in [0.25, 0.3) is 0 Å². The van der Waals surface area contributed by atoms with Crippen molar-refractivity contribution in [1.29, 1.82) is 0 Å². The zero-order chi connectivity index (χ0) is 7.40. The summed E-state index contributed by atoms with van der Waals surface area (Å²) < 4.78 is 0. The smallest absolute Gasteiger partial charge is 0.0731 e. The Labute approximate surface area is 60.1 Å². The van der Waals surface area contributed by atoms with Gasteiger partial charge in [0, 0.05) is 0 Å². The van der Waals surface area contributed by atoms with E-state index in [1.165, 1.54) is 0 Å². The Bertz CT molecular complexity index is 118. The summed E-state index contributed by atoms with van der Waals surface area (Å²) in [5.74, 6) is 4.89. The van der Waals surface area contributed by atoms with Crippen LogP contribution in [0.4, 0.5) is 0 Å². The van der Waals surface area contributed by atoms with Gasteiger partial charge in [-0.15, -0.1) is 0 Å². The van der Waals surface area contributed by atoms with Gasteiger partial charge in [0.1, 0.15) is 0 Å². The lowest BCUT2D eigenvalue weighted by Gasteiger charge is -2.20. The molecule has 0 amide bonds. The number of aliphatic hydroxyl groups is 1. The molecule has 4 heteroatoms. The fourth-order valence-electron chi connectivity index (χ4n) is 1.27. The van der Waals surface area contributed by atoms with Crippen LogP contribution in [0.25, 0.3) is 0 Å². The number of aliphatic hydroxyl groups excluding tert-OH is 1. The highest BCUT2D eigenvalue weighted by Gasteiger charge is 2.18. The van der Waals surface area contributed by atoms with E-state index in [0.717, 1.165) is 25.7 Å². The van der Waals surface area contributed by atoms with Crippen molar-refractivity contribution in [1.82, 2.24) is 0 Å². The summed E-state index contributed by atoms with van der Waals surface area (Å²) in [6.07, 6.45) is 3.39. The number of hydrogen-bond acceptors (Lipinski definition) is 3. The molecule has 0 aliphatic heterocycles. The molecular weight excluding hydrogens is 130 g/mol. The molecule has 0 unspecified atom stereocenters. The van der Waals surface area contributed by atoms with Crippen LogP contribution in [0.3, 0.4) is 0 Å². The normalized spacial score (nSPS) is 34.9. The third kappa shape index (κ3) is 1.95. The van der Waals surface area contributed by atoms with Crippen LogP contribution in [0.15, 0.2) is 10.3 Å². The predicted molar refractivity (Wildman–Crippen MR) is 37.3 cm³/mol. The molecule has 0 radical (unpaired) electrons. The lowest BCUT2D eigenvalue weighted by Crippen LogP contribution is -2.20. The van der Waals surface area contributed by atoms with Crippen molar-refractivity contribution in [2.24, 2.45) is 16.2 Å². The molecule has 1 rings (SSSR count). The second-order valence-corrected chi connectivity index (χ2v) is 2.69. The van der Waals surface area contributed by atoms with Crippen molar-refractivity contribution in [3.8, 4) is 0 Å². The first-order valence-corrected chi connectivity index (χ1v) is 3.61. The average Bonchev–Trinajstić information content (AvgIpc) is 1.95. The molecule has 4 nitrogen and oxygen atoms in total. The first-order valence-electron chi connectivity index (χ1n) is 3.61. The molecule has 58 valence electrons. The van der Waals surface area contributed by atoms with Crippen molar-refractivity contribution >= 4 is 0 Å². The Morgan fingerprint density at radius 2 is 1.80 bits per heavy atom. The molecule has 0 spiro atoms. The van der Waals surface area contributed by atoms with Gasteiger partial charge in [-0.3, -0.25) is 0 Å². The highest BCUT2D eigenvalue weighted by molar-refractivity contribution is 4.74. The van der Waals surface area contributed by atoms with E-state index in [9.17, 15) is 0 Å². The highest BCUT2D eigenvalue weighted by Crippen LogP contribution is 2.20. The SMILES string of the molecule is NN=NC1CCC(O)CC1. The zero-order valence-electron chi connectivity index (χ0n) is 5.90. The standard InChI is InChI=1S/C6H13N3O/c7-9-8-5-1-3-6(10)4-2-5/h5-6,10H,1-4H2,(H2,7,8). The first-order chi connectivity index (χ1) is 4.83. The Morgan fingerprint density at radius 3 is 2.30 bits per heavy atom. The molecule has 10 heavy (non-hydrogen) atoms. The van der Waals surface area contributed by atoms with Gasteiger partial charge in [0.2, 0.25) is 0 Å². The van der Waals surface area contributed by atoms with E-state index in [4.69, 9.17) is 10.9 Å². The van der Waals surface area contributed by atoms with Crippen LogP contribution in [0, 0.1) is 0 Å². The summed E-state index contributed by atoms with van der Waals surface area (Å²) in [5.41, 5.74) is 0. The van der Waals surface area contributed by atoms with Crippen molar-refractivity contribution in [3.05, 3.63) is 0 Å². The zero-order valence-corrected chi connectivity index (χ0v) is 5.90. The third-order valence-electron chi connectivity index (χ3n) is 1.90. The molecule has 1 saturated carbocycles. The maximum Gasteiger partial charge on any atom is 0.0731 e. The topological polar surface area (TPSA) is 71.0 Å². The maximum atomic E-state index is 9.09. The molecular formula is C6H13N3O. The summed E-state index contributed by atoms with van der Waals surface area (Å²) in [4.78, 5) is 0. The molecule has 1 fully saturated rings. The van der Waals surface area contributed by atoms with Crippen molar-refractivity contribution in [2.45, 2.75) is 37.8 Å². The highest BCUT2D eigenvalue weighted by atomic mass is 16.3. The van der Waals surface area contributed by atoms with E-state index in [1.54, 1.807) is 0 Å². The van der Waals surface area contributed by atoms with Crippen LogP contribution in [0.5, 0.6) is 0 Å². The molecule has 0 heterocycles. The van der Waals surface area contributed by atoms with Gasteiger partial charge in [0.15, 0.2) is 0 Å². The number of hydrogen-bond donors (Lipinski definition) is 2. The van der Waals surface area contributed by atoms with E-state index in [-0.39, 0.29) is 12.1 Å². The summed E-state index contributed by atoms with van der Waals surface area (Å²) in [5, 5.41) is 16.1. The van der Waals surface area contributed by atoms with Gasteiger partial charge >= 0.3 is 0 Å². The maximum absolute atomic E-state index is 9.09. The van der Waals surface area contributed by atoms with Gasteiger partial charge in [-0.05, 0) is 25.7 Å². The minimum Gasteiger partial charge on any atom is -0.393 e. The lowest BCUT2D eigenvalue weighted by molar-refractivity contribution is 0.122. The summed E-state index contributed by atoms with van der Waals surface area (Å²) in [7, 11) is 0. The Morgan fingerprint density at radius 1 is 1.20 bits per heavy atom. The van der Waals surface area contributed by atoms with E-state index in [1.807, 2.05) is 0 Å². The van der Waals surface area contributed by atoms with Crippen molar-refractivity contribution in [3.63, 3.8) is 0 Å². The van der Waals surface area contributed by atoms with Gasteiger partial charge in [0.05, 0.1) is 12.1 Å². The van der Waals surface area contributed by atoms with Crippen LogP contribution in [0.2, 0.25) is 0 Å². The summed E-state index contributed by atoms with van der Waals surface area (Å²) >= 11 is 0. The molecule has 1 aliphatic carbocycles. The van der Waals surface area contributed by atoms with Crippen LogP contribution in [-0.4, -0.2) is 17.3 Å². The molecule has 1 aliphatic rings. The van der Waals surface area contributed by atoms with Gasteiger partial charge < -0.3 is 10.9 Å². The second-order valence-electron chi connectivity index (χ2n) is 2.69. The first kappa shape index (κ1) is 7.47. The van der Waals surface area contributed by atoms with E-state index in [0.29, 0.717) is 0 Å². The summed E-state index contributed by atoms with van der Waals surface area (Å²) in [6, 6.07) is 0.258. The van der Waals surface area contributed by atoms with Crippen molar-refractivity contribution < 1.29 is 5.11 Å². The number of nitrogens with two attached hydrogens (primary N) is 1. The number of rotatable bonds is 1. The molecule has 0 saturated heterocycles. The fourth-order valence-corrected chi connectivity index (χ4v) is 1.27. The fraction of sp³-hybridized carbons (Fsp3) is 1.00. The van der Waals surface area contributed by atoms with Crippen molar-refractivity contribution in [2.75, 3.05) is 0 Å². The van der Waals surface area contributed by atoms with E-state index in [2.05, 4.69) is 10.3 Å². The second kappa shape index (κ2) is 3.51. The van der Waals surface area contributed by atoms with E-state index < -0.39 is 0 Å². The van der Waals surface area contributed by atoms with Crippen LogP contribution >= 0.6 is 0 Å². The molecule has 0 aromatic rings. The average molecular weight is 143 g/mol. The quantitative estimate of drug-likeness (QED) is 0.321. The van der Waals surface area contributed by atoms with Gasteiger partial charge in [-0.1, -0.05) is 5.22 Å². The monoisotopic (exact) mass is 143 g/mol. The lowest BCUT2D eigenvalue weighted by atomic mass is 9.94. The third-order valence-corrected chi connectivity index (χ3v) is 1.90. The summed E-state index contributed by atoms with van der Waals surface area (Å²) in [6.45, 7) is 0. The molecule has 0 bridgehead atoms. The molecule has 0 atom stereocenters. The number of nitrogens with zero attached hydrogens (tertiary/aromatic N) is 2. The Balaban J connectivity index is 2.26. The molecule has 0 aromatic carbocycles. The van der Waals surface area contributed by atoms with Crippen LogP contribution in [-0.2, 0) is 0 Å². The van der Waals surface area contributed by atoms with Gasteiger partial charge in [-0.25, -0.2) is 0 Å².